The molecule has 1 aliphatic heterocycles. The van der Waals surface area contributed by atoms with Gasteiger partial charge >= 0.3 is 0 Å². The molecule has 1 aliphatic rings. The molecular formula is C25H31N3O5S. The molecule has 0 N–H and O–H groups in total. The number of morpholine rings is 1. The van der Waals surface area contributed by atoms with E-state index in [1.165, 1.54) is 11.3 Å². The van der Waals surface area contributed by atoms with Crippen LogP contribution in [0.3, 0.4) is 0 Å². The highest BCUT2D eigenvalue weighted by molar-refractivity contribution is 7.22. The number of para-hydroxylation sites is 1. The number of hydrogen-bond acceptors (Lipinski definition) is 8. The third kappa shape index (κ3) is 6.16. The molecule has 2 heterocycles. The van der Waals surface area contributed by atoms with Crippen LogP contribution in [0.15, 0.2) is 42.5 Å². The van der Waals surface area contributed by atoms with E-state index >= 15 is 0 Å². The third-order valence-electron chi connectivity index (χ3n) is 5.44. The number of benzene rings is 2. The number of hydrogen-bond donors (Lipinski definition) is 0. The minimum Gasteiger partial charge on any atom is -0.494 e. The number of anilines is 1. The summed E-state index contributed by atoms with van der Waals surface area (Å²) in [5.74, 6) is 1.98. The summed E-state index contributed by atoms with van der Waals surface area (Å²) < 4.78 is 23.4. The molecule has 1 aromatic heterocycles. The average Bonchev–Trinajstić information content (AvgIpc) is 3.30. The van der Waals surface area contributed by atoms with Crippen LogP contribution in [0, 0.1) is 0 Å². The molecule has 9 heteroatoms. The summed E-state index contributed by atoms with van der Waals surface area (Å²) in [5.41, 5.74) is 0.779. The van der Waals surface area contributed by atoms with Crippen molar-refractivity contribution in [2.24, 2.45) is 0 Å². The first-order valence-electron chi connectivity index (χ1n) is 11.7. The van der Waals surface area contributed by atoms with Crippen molar-refractivity contribution >= 4 is 32.6 Å². The summed E-state index contributed by atoms with van der Waals surface area (Å²) in [7, 11) is 0. The molecule has 1 saturated heterocycles. The summed E-state index contributed by atoms with van der Waals surface area (Å²) >= 11 is 1.49. The van der Waals surface area contributed by atoms with Crippen LogP contribution in [-0.2, 0) is 9.53 Å². The molecule has 8 nitrogen and oxygen atoms in total. The molecule has 1 amide bonds. The van der Waals surface area contributed by atoms with Crippen LogP contribution in [0.25, 0.3) is 10.2 Å². The number of carbonyl (C=O) groups is 1. The fourth-order valence-electron chi connectivity index (χ4n) is 3.71. The zero-order valence-corrected chi connectivity index (χ0v) is 20.5. The van der Waals surface area contributed by atoms with E-state index in [4.69, 9.17) is 23.9 Å². The average molecular weight is 486 g/mol. The second kappa shape index (κ2) is 12.0. The van der Waals surface area contributed by atoms with Crippen molar-refractivity contribution in [3.63, 3.8) is 0 Å². The molecule has 0 aliphatic carbocycles. The van der Waals surface area contributed by atoms with Gasteiger partial charge in [-0.05, 0) is 50.2 Å². The molecule has 4 rings (SSSR count). The summed E-state index contributed by atoms with van der Waals surface area (Å²) in [6.45, 7) is 9.38. The Bertz CT molecular complexity index is 1070. The maximum atomic E-state index is 13.3. The highest BCUT2D eigenvalue weighted by atomic mass is 32.1. The predicted molar refractivity (Wildman–Crippen MR) is 134 cm³/mol. The van der Waals surface area contributed by atoms with Gasteiger partial charge in [0.05, 0.1) is 31.1 Å². The highest BCUT2D eigenvalue weighted by Crippen LogP contribution is 2.34. The lowest BCUT2D eigenvalue weighted by Gasteiger charge is -2.29. The van der Waals surface area contributed by atoms with Crippen LogP contribution < -0.4 is 19.1 Å². The number of rotatable bonds is 11. The molecule has 0 saturated carbocycles. The number of amides is 1. The Labute approximate surface area is 204 Å². The summed E-state index contributed by atoms with van der Waals surface area (Å²) in [6, 6.07) is 13.1. The Morgan fingerprint density at radius 1 is 1.03 bits per heavy atom. The molecule has 0 unspecified atom stereocenters. The van der Waals surface area contributed by atoms with Crippen molar-refractivity contribution in [1.82, 2.24) is 9.88 Å². The van der Waals surface area contributed by atoms with Gasteiger partial charge in [0.2, 0.25) is 0 Å². The van der Waals surface area contributed by atoms with Gasteiger partial charge in [0.15, 0.2) is 11.7 Å². The van der Waals surface area contributed by atoms with Crippen molar-refractivity contribution < 1.29 is 23.7 Å². The van der Waals surface area contributed by atoms with Crippen LogP contribution in [0.2, 0.25) is 0 Å². The number of aromatic nitrogens is 1. The van der Waals surface area contributed by atoms with Gasteiger partial charge in [-0.1, -0.05) is 17.4 Å². The summed E-state index contributed by atoms with van der Waals surface area (Å²) in [5, 5.41) is 0.649. The lowest BCUT2D eigenvalue weighted by Crippen LogP contribution is -2.44. The number of nitrogens with zero attached hydrogens (tertiary/aromatic N) is 3. The Morgan fingerprint density at radius 3 is 2.44 bits per heavy atom. The van der Waals surface area contributed by atoms with Crippen molar-refractivity contribution in [2.75, 3.05) is 64.1 Å². The number of carbonyl (C=O) groups excluding carboxylic acids is 1. The van der Waals surface area contributed by atoms with Crippen LogP contribution in [0.1, 0.15) is 13.8 Å². The van der Waals surface area contributed by atoms with Gasteiger partial charge < -0.3 is 18.9 Å². The van der Waals surface area contributed by atoms with Gasteiger partial charge in [-0.2, -0.15) is 0 Å². The van der Waals surface area contributed by atoms with Gasteiger partial charge in [0, 0.05) is 26.2 Å². The Hall–Kier alpha value is -2.88. The fourth-order valence-corrected chi connectivity index (χ4v) is 4.74. The zero-order valence-electron chi connectivity index (χ0n) is 19.7. The standard InChI is InChI=1S/C25H31N3O5S/c1-3-31-19-8-10-20(11-9-19)33-18-23(29)28(13-12-27-14-16-30-17-15-27)25-26-24-21(32-4-2)6-5-7-22(24)34-25/h5-11H,3-4,12-18H2,1-2H3. The van der Waals surface area contributed by atoms with E-state index < -0.39 is 0 Å². The monoisotopic (exact) mass is 485 g/mol. The minimum atomic E-state index is -0.140. The molecule has 0 bridgehead atoms. The van der Waals surface area contributed by atoms with Crippen LogP contribution in [0.5, 0.6) is 17.2 Å². The van der Waals surface area contributed by atoms with Crippen molar-refractivity contribution in [3.8, 4) is 17.2 Å². The van der Waals surface area contributed by atoms with E-state index in [1.54, 1.807) is 4.90 Å². The SMILES string of the molecule is CCOc1ccc(OCC(=O)N(CCN2CCOCC2)c2nc3c(OCC)cccc3s2)cc1. The molecule has 3 aromatic rings. The number of thiazole rings is 1. The second-order valence-corrected chi connectivity index (χ2v) is 8.73. The van der Waals surface area contributed by atoms with Crippen LogP contribution in [-0.4, -0.2) is 75.0 Å². The first-order chi connectivity index (χ1) is 16.7. The lowest BCUT2D eigenvalue weighted by atomic mass is 10.3. The fraction of sp³-hybridized carbons (Fsp3) is 0.440. The van der Waals surface area contributed by atoms with E-state index in [-0.39, 0.29) is 12.5 Å². The number of fused-ring (bicyclic) bond motifs is 1. The van der Waals surface area contributed by atoms with Gasteiger partial charge in [-0.3, -0.25) is 14.6 Å². The van der Waals surface area contributed by atoms with E-state index in [9.17, 15) is 4.79 Å². The lowest BCUT2D eigenvalue weighted by molar-refractivity contribution is -0.120. The third-order valence-corrected chi connectivity index (χ3v) is 6.49. The van der Waals surface area contributed by atoms with Gasteiger partial charge in [0.1, 0.15) is 22.8 Å². The molecule has 34 heavy (non-hydrogen) atoms. The van der Waals surface area contributed by atoms with Gasteiger partial charge in [-0.15, -0.1) is 0 Å². The predicted octanol–water partition coefficient (Wildman–Crippen LogP) is 3.84. The van der Waals surface area contributed by atoms with Crippen LogP contribution in [0.4, 0.5) is 5.13 Å². The van der Waals surface area contributed by atoms with Gasteiger partial charge in [0.25, 0.3) is 5.91 Å². The highest BCUT2D eigenvalue weighted by Gasteiger charge is 2.23. The topological polar surface area (TPSA) is 73.4 Å². The molecular weight excluding hydrogens is 454 g/mol. The van der Waals surface area contributed by atoms with E-state index in [2.05, 4.69) is 4.90 Å². The minimum absolute atomic E-state index is 0.0780. The zero-order chi connectivity index (χ0) is 23.8. The van der Waals surface area contributed by atoms with Gasteiger partial charge in [-0.25, -0.2) is 4.98 Å². The molecule has 0 radical (unpaired) electrons. The van der Waals surface area contributed by atoms with Crippen molar-refractivity contribution in [3.05, 3.63) is 42.5 Å². The van der Waals surface area contributed by atoms with E-state index in [1.807, 2.05) is 56.3 Å². The van der Waals surface area contributed by atoms with E-state index in [0.717, 1.165) is 41.3 Å². The molecule has 2 aromatic carbocycles. The van der Waals surface area contributed by atoms with Crippen molar-refractivity contribution in [1.29, 1.82) is 0 Å². The van der Waals surface area contributed by atoms with Crippen molar-refractivity contribution in [2.45, 2.75) is 13.8 Å². The smallest absolute Gasteiger partial charge is 0.266 e. The molecule has 182 valence electrons. The molecule has 0 atom stereocenters. The first kappa shape index (κ1) is 24.3. The maximum absolute atomic E-state index is 13.3. The summed E-state index contributed by atoms with van der Waals surface area (Å²) in [4.78, 5) is 22.1. The Balaban J connectivity index is 1.50. The Morgan fingerprint density at radius 2 is 1.74 bits per heavy atom. The first-order valence-corrected chi connectivity index (χ1v) is 12.5. The Kier molecular flexibility index (Phi) is 8.56. The number of ether oxygens (including phenoxy) is 4. The quantitative estimate of drug-likeness (QED) is 0.409. The van der Waals surface area contributed by atoms with Crippen LogP contribution >= 0.6 is 11.3 Å². The second-order valence-electron chi connectivity index (χ2n) is 7.72. The normalized spacial score (nSPS) is 14.2. The molecule has 0 spiro atoms. The largest absolute Gasteiger partial charge is 0.494 e. The molecule has 1 fully saturated rings. The van der Waals surface area contributed by atoms with E-state index in [0.29, 0.717) is 43.9 Å². The summed E-state index contributed by atoms with van der Waals surface area (Å²) in [6.07, 6.45) is 0. The maximum Gasteiger partial charge on any atom is 0.266 e.